The molecular formula is C22H26N4O7S. The van der Waals surface area contributed by atoms with Crippen molar-refractivity contribution in [3.8, 4) is 16.9 Å². The molecule has 0 radical (unpaired) electrons. The van der Waals surface area contributed by atoms with Crippen LogP contribution in [-0.4, -0.2) is 61.5 Å². The van der Waals surface area contributed by atoms with Gasteiger partial charge in [0.2, 0.25) is 5.91 Å². The van der Waals surface area contributed by atoms with E-state index in [0.717, 1.165) is 29.7 Å². The Morgan fingerprint density at radius 2 is 1.97 bits per heavy atom. The maximum absolute atomic E-state index is 12.4. The number of hydrogen-bond acceptors (Lipinski definition) is 8. The lowest BCUT2D eigenvalue weighted by molar-refractivity contribution is -0.119. The van der Waals surface area contributed by atoms with E-state index in [4.69, 9.17) is 19.8 Å². The molecule has 3 aliphatic rings. The summed E-state index contributed by atoms with van der Waals surface area (Å²) in [7, 11) is -3.67. The summed E-state index contributed by atoms with van der Waals surface area (Å²) in [6.45, 7) is 2.00. The predicted octanol–water partition coefficient (Wildman–Crippen LogP) is 1.42. The smallest absolute Gasteiger partial charge is 0.415 e. The first kappa shape index (κ1) is 23.9. The van der Waals surface area contributed by atoms with E-state index in [1.807, 2.05) is 36.5 Å². The lowest BCUT2D eigenvalue weighted by Crippen LogP contribution is -2.47. The van der Waals surface area contributed by atoms with Gasteiger partial charge in [0.25, 0.3) is 10.1 Å². The normalized spacial score (nSPS) is 21.8. The van der Waals surface area contributed by atoms with Gasteiger partial charge in [0.1, 0.15) is 24.5 Å². The number of rotatable bonds is 4. The van der Waals surface area contributed by atoms with Gasteiger partial charge in [-0.1, -0.05) is 12.1 Å². The quantitative estimate of drug-likeness (QED) is 0.538. The lowest BCUT2D eigenvalue weighted by atomic mass is 10.0. The zero-order valence-electron chi connectivity index (χ0n) is 18.7. The maximum atomic E-state index is 12.4. The highest BCUT2D eigenvalue weighted by molar-refractivity contribution is 7.85. The fourth-order valence-corrected chi connectivity index (χ4v) is 3.88. The Morgan fingerprint density at radius 3 is 2.56 bits per heavy atom. The highest BCUT2D eigenvalue weighted by atomic mass is 32.2. The SMILES string of the molecule is CC(=O)NC[C@@H]1OC(=O)N2c3ccc(-c4ccc(C5(N)CC5)nc4)cc3OC[C@@H]12.CS(=O)(=O)O. The van der Waals surface area contributed by atoms with Gasteiger partial charge in [0, 0.05) is 18.7 Å². The highest BCUT2D eigenvalue weighted by Crippen LogP contribution is 2.43. The fourth-order valence-electron chi connectivity index (χ4n) is 3.88. The molecule has 2 amide bonds. The van der Waals surface area contributed by atoms with Crippen molar-refractivity contribution < 1.29 is 32.0 Å². The Labute approximate surface area is 197 Å². The van der Waals surface area contributed by atoms with Crippen LogP contribution in [0.2, 0.25) is 0 Å². The van der Waals surface area contributed by atoms with Gasteiger partial charge in [0.05, 0.1) is 29.7 Å². The Balaban J connectivity index is 0.000000499. The summed E-state index contributed by atoms with van der Waals surface area (Å²) in [6.07, 6.45) is 3.62. The zero-order chi connectivity index (χ0) is 24.7. The van der Waals surface area contributed by atoms with Crippen LogP contribution < -0.4 is 20.7 Å². The Hall–Kier alpha value is -3.22. The van der Waals surface area contributed by atoms with Crippen LogP contribution >= 0.6 is 0 Å². The molecule has 182 valence electrons. The molecule has 0 unspecified atom stereocenters. The molecule has 0 spiro atoms. The maximum Gasteiger partial charge on any atom is 0.415 e. The van der Waals surface area contributed by atoms with Gasteiger partial charge in [-0.05, 0) is 36.6 Å². The molecular weight excluding hydrogens is 464 g/mol. The van der Waals surface area contributed by atoms with Crippen LogP contribution in [0.5, 0.6) is 5.75 Å². The first-order valence-electron chi connectivity index (χ1n) is 10.6. The molecule has 1 aromatic carbocycles. The molecule has 5 rings (SSSR count). The second-order valence-electron chi connectivity index (χ2n) is 8.61. The summed E-state index contributed by atoms with van der Waals surface area (Å²) in [6, 6.07) is 9.42. The lowest BCUT2D eigenvalue weighted by Gasteiger charge is -2.31. The Morgan fingerprint density at radius 1 is 1.29 bits per heavy atom. The number of cyclic esters (lactones) is 1. The van der Waals surface area contributed by atoms with E-state index in [2.05, 4.69) is 10.3 Å². The number of carbonyl (C=O) groups excluding carboxylic acids is 2. The molecule has 2 aliphatic heterocycles. The van der Waals surface area contributed by atoms with Crippen molar-refractivity contribution in [1.29, 1.82) is 0 Å². The summed E-state index contributed by atoms with van der Waals surface area (Å²) in [4.78, 5) is 29.8. The number of fused-ring (bicyclic) bond motifs is 3. The summed E-state index contributed by atoms with van der Waals surface area (Å²) in [5.41, 5.74) is 9.45. The van der Waals surface area contributed by atoms with E-state index < -0.39 is 22.3 Å². The van der Waals surface area contributed by atoms with Gasteiger partial charge in [-0.25, -0.2) is 4.79 Å². The number of carbonyl (C=O) groups is 2. The Bertz CT molecular complexity index is 1200. The molecule has 2 fully saturated rings. The summed E-state index contributed by atoms with van der Waals surface area (Å²) < 4.78 is 37.3. The third-order valence-corrected chi connectivity index (χ3v) is 5.79. The van der Waals surface area contributed by atoms with Crippen LogP contribution in [0.3, 0.4) is 0 Å². The van der Waals surface area contributed by atoms with Crippen molar-refractivity contribution in [1.82, 2.24) is 10.3 Å². The summed E-state index contributed by atoms with van der Waals surface area (Å²) >= 11 is 0. The largest absolute Gasteiger partial charge is 0.489 e. The van der Waals surface area contributed by atoms with E-state index in [1.165, 1.54) is 6.92 Å². The number of anilines is 1. The van der Waals surface area contributed by atoms with Crippen molar-refractivity contribution in [3.05, 3.63) is 42.2 Å². The third-order valence-electron chi connectivity index (χ3n) is 5.79. The van der Waals surface area contributed by atoms with E-state index in [9.17, 15) is 18.0 Å². The molecule has 4 N–H and O–H groups in total. The second-order valence-corrected chi connectivity index (χ2v) is 10.1. The number of hydrogen-bond donors (Lipinski definition) is 3. The van der Waals surface area contributed by atoms with Crippen LogP contribution in [-0.2, 0) is 25.2 Å². The molecule has 12 heteroatoms. The molecule has 2 atom stereocenters. The first-order valence-corrected chi connectivity index (χ1v) is 12.5. The molecule has 1 saturated carbocycles. The fraction of sp³-hybridized carbons (Fsp3) is 0.409. The first-order chi connectivity index (χ1) is 15.9. The number of nitrogens with two attached hydrogens (primary N) is 1. The molecule has 2 aromatic rings. The van der Waals surface area contributed by atoms with Crippen LogP contribution in [0, 0.1) is 0 Å². The van der Waals surface area contributed by atoms with E-state index in [-0.39, 0.29) is 24.0 Å². The number of benzene rings is 1. The topological polar surface area (TPSA) is 161 Å². The molecule has 11 nitrogen and oxygen atoms in total. The third kappa shape index (κ3) is 5.29. The molecule has 1 aliphatic carbocycles. The number of aromatic nitrogens is 1. The molecule has 3 heterocycles. The molecule has 34 heavy (non-hydrogen) atoms. The number of ether oxygens (including phenoxy) is 2. The number of nitrogens with one attached hydrogen (secondary N) is 1. The van der Waals surface area contributed by atoms with Gasteiger partial charge in [-0.2, -0.15) is 8.42 Å². The predicted molar refractivity (Wildman–Crippen MR) is 123 cm³/mol. The van der Waals surface area contributed by atoms with Crippen molar-refractivity contribution in [2.24, 2.45) is 5.73 Å². The van der Waals surface area contributed by atoms with E-state index in [0.29, 0.717) is 24.3 Å². The van der Waals surface area contributed by atoms with Crippen LogP contribution in [0.25, 0.3) is 11.1 Å². The molecule has 0 bridgehead atoms. The monoisotopic (exact) mass is 490 g/mol. The van der Waals surface area contributed by atoms with Crippen molar-refractivity contribution >= 4 is 27.8 Å². The van der Waals surface area contributed by atoms with Gasteiger partial charge in [0.15, 0.2) is 0 Å². The van der Waals surface area contributed by atoms with Crippen LogP contribution in [0.4, 0.5) is 10.5 Å². The summed E-state index contributed by atoms with van der Waals surface area (Å²) in [5.74, 6) is 0.459. The van der Waals surface area contributed by atoms with Crippen molar-refractivity contribution in [2.45, 2.75) is 37.5 Å². The minimum absolute atomic E-state index is 0.164. The van der Waals surface area contributed by atoms with E-state index >= 15 is 0 Å². The van der Waals surface area contributed by atoms with Crippen LogP contribution in [0.15, 0.2) is 36.5 Å². The van der Waals surface area contributed by atoms with E-state index in [1.54, 1.807) is 4.90 Å². The average molecular weight is 491 g/mol. The average Bonchev–Trinajstić information content (AvgIpc) is 3.44. The molecule has 1 saturated heterocycles. The number of nitrogens with zero attached hydrogens (tertiary/aromatic N) is 2. The summed E-state index contributed by atoms with van der Waals surface area (Å²) in [5, 5.41) is 2.70. The van der Waals surface area contributed by atoms with Gasteiger partial charge >= 0.3 is 6.09 Å². The van der Waals surface area contributed by atoms with Gasteiger partial charge in [-0.3, -0.25) is 19.2 Å². The Kier molecular flexibility index (Phi) is 6.23. The second kappa shape index (κ2) is 8.85. The van der Waals surface area contributed by atoms with Gasteiger partial charge in [-0.15, -0.1) is 0 Å². The van der Waals surface area contributed by atoms with Gasteiger partial charge < -0.3 is 20.5 Å². The zero-order valence-corrected chi connectivity index (χ0v) is 19.5. The highest BCUT2D eigenvalue weighted by Gasteiger charge is 2.46. The standard InChI is InChI=1S/C21H22N4O4.CH4O3S/c1-12(26)23-10-18-16-11-28-17-8-13(2-4-15(17)25(16)20(27)29-18)14-3-5-19(24-9-14)21(22)6-7-21;1-5(2,3)4/h2-5,8-9,16,18H,6-7,10-11,22H2,1H3,(H,23,26);1H3,(H,2,3,4)/t16-,18-;/m0./s1. The van der Waals surface area contributed by atoms with Crippen molar-refractivity contribution in [2.75, 3.05) is 24.3 Å². The van der Waals surface area contributed by atoms with Crippen LogP contribution in [0.1, 0.15) is 25.5 Å². The minimum Gasteiger partial charge on any atom is -0.489 e. The van der Waals surface area contributed by atoms with Crippen molar-refractivity contribution in [3.63, 3.8) is 0 Å². The minimum atomic E-state index is -3.67. The molecule has 1 aromatic heterocycles. The number of amides is 2. The number of pyridine rings is 1.